The van der Waals surface area contributed by atoms with Crippen molar-refractivity contribution >= 4 is 46.2 Å². The van der Waals surface area contributed by atoms with E-state index in [2.05, 4.69) is 40.0 Å². The number of piperazine rings is 1. The number of nitrogens with zero attached hydrogens (tertiary/aromatic N) is 7. The van der Waals surface area contributed by atoms with Gasteiger partial charge in [-0.2, -0.15) is 28.1 Å². The van der Waals surface area contributed by atoms with Crippen molar-refractivity contribution in [2.45, 2.75) is 13.1 Å². The molecule has 3 aromatic heterocycles. The molecule has 4 aromatic rings. The highest BCUT2D eigenvalue weighted by Crippen LogP contribution is 2.30. The van der Waals surface area contributed by atoms with Crippen molar-refractivity contribution in [3.63, 3.8) is 0 Å². The number of benzene rings is 1. The largest absolute Gasteiger partial charge is 0.416 e. The van der Waals surface area contributed by atoms with Gasteiger partial charge in [0.1, 0.15) is 0 Å². The minimum absolute atomic E-state index is 0.319. The average molecular weight is 525 g/mol. The van der Waals surface area contributed by atoms with Gasteiger partial charge in [-0.3, -0.25) is 10.3 Å². The van der Waals surface area contributed by atoms with Gasteiger partial charge < -0.3 is 9.80 Å². The first kappa shape index (κ1) is 24.6. The van der Waals surface area contributed by atoms with Crippen LogP contribution in [-0.4, -0.2) is 51.1 Å². The Morgan fingerprint density at radius 1 is 0.946 bits per heavy atom. The highest BCUT2D eigenvalue weighted by molar-refractivity contribution is 7.15. The Morgan fingerprint density at radius 2 is 1.70 bits per heavy atom. The van der Waals surface area contributed by atoms with E-state index in [9.17, 15) is 13.2 Å². The summed E-state index contributed by atoms with van der Waals surface area (Å²) in [6.45, 7) is 4.89. The maximum Gasteiger partial charge on any atom is 0.416 e. The third kappa shape index (κ3) is 6.20. The predicted octanol–water partition coefficient (Wildman–Crippen LogP) is 5.29. The van der Waals surface area contributed by atoms with E-state index >= 15 is 0 Å². The number of pyridine rings is 1. The van der Waals surface area contributed by atoms with Crippen molar-refractivity contribution in [2.75, 3.05) is 41.3 Å². The lowest BCUT2D eigenvalue weighted by atomic mass is 10.1. The van der Waals surface area contributed by atoms with E-state index in [1.165, 1.54) is 17.4 Å². The summed E-state index contributed by atoms with van der Waals surface area (Å²) in [5, 5.41) is 3.77. The van der Waals surface area contributed by atoms with Gasteiger partial charge in [0.05, 0.1) is 5.56 Å². The second-order valence-corrected chi connectivity index (χ2v) is 9.59. The minimum Gasteiger partial charge on any atom is -0.368 e. The SMILES string of the molecule is Cc1cnc(Nc2nc(C=Cc3cccc(C(F)(F)F)c3)nc(N3CCN(c4ccncc4)CC3)n2)s1. The highest BCUT2D eigenvalue weighted by atomic mass is 32.1. The lowest BCUT2D eigenvalue weighted by Crippen LogP contribution is -2.47. The normalized spacial score (nSPS) is 14.4. The minimum atomic E-state index is -4.41. The first-order valence-corrected chi connectivity index (χ1v) is 12.4. The third-order valence-corrected chi connectivity index (χ3v) is 6.54. The second kappa shape index (κ2) is 10.5. The summed E-state index contributed by atoms with van der Waals surface area (Å²) >= 11 is 1.47. The molecule has 1 aliphatic rings. The Kier molecular flexibility index (Phi) is 6.99. The van der Waals surface area contributed by atoms with E-state index in [-0.39, 0.29) is 0 Å². The summed E-state index contributed by atoms with van der Waals surface area (Å²) in [5.41, 5.74) is 0.795. The highest BCUT2D eigenvalue weighted by Gasteiger charge is 2.30. The van der Waals surface area contributed by atoms with E-state index in [0.717, 1.165) is 35.8 Å². The van der Waals surface area contributed by atoms with E-state index < -0.39 is 11.7 Å². The van der Waals surface area contributed by atoms with Crippen LogP contribution in [0.5, 0.6) is 0 Å². The van der Waals surface area contributed by atoms with Gasteiger partial charge in [-0.05, 0) is 42.8 Å². The molecule has 37 heavy (non-hydrogen) atoms. The molecule has 0 amide bonds. The fourth-order valence-corrected chi connectivity index (χ4v) is 4.53. The molecule has 12 heteroatoms. The summed E-state index contributed by atoms with van der Waals surface area (Å²) in [4.78, 5) is 27.4. The van der Waals surface area contributed by atoms with Gasteiger partial charge in [0, 0.05) is 55.3 Å². The summed E-state index contributed by atoms with van der Waals surface area (Å²) in [6, 6.07) is 9.07. The van der Waals surface area contributed by atoms with E-state index in [1.54, 1.807) is 36.8 Å². The zero-order valence-corrected chi connectivity index (χ0v) is 20.7. The van der Waals surface area contributed by atoms with Crippen LogP contribution in [0, 0.1) is 6.92 Å². The summed E-state index contributed by atoms with van der Waals surface area (Å²) in [6.07, 6.45) is 4.04. The Morgan fingerprint density at radius 3 is 2.41 bits per heavy atom. The molecular formula is C25H23F3N8S. The van der Waals surface area contributed by atoms with Crippen LogP contribution < -0.4 is 15.1 Å². The second-order valence-electron chi connectivity index (χ2n) is 8.35. The Hall–Kier alpha value is -4.06. The van der Waals surface area contributed by atoms with Crippen LogP contribution >= 0.6 is 11.3 Å². The van der Waals surface area contributed by atoms with E-state index in [0.29, 0.717) is 41.5 Å². The van der Waals surface area contributed by atoms with Gasteiger partial charge in [0.2, 0.25) is 11.9 Å². The molecule has 8 nitrogen and oxygen atoms in total. The zero-order chi connectivity index (χ0) is 25.8. The lowest BCUT2D eigenvalue weighted by Gasteiger charge is -2.36. The number of halogens is 3. The molecule has 190 valence electrons. The maximum absolute atomic E-state index is 13.1. The molecule has 0 aliphatic carbocycles. The molecular weight excluding hydrogens is 501 g/mol. The third-order valence-electron chi connectivity index (χ3n) is 5.71. The molecule has 1 aromatic carbocycles. The van der Waals surface area contributed by atoms with Gasteiger partial charge >= 0.3 is 6.18 Å². The van der Waals surface area contributed by atoms with Crippen molar-refractivity contribution in [3.05, 3.63) is 76.8 Å². The molecule has 4 heterocycles. The van der Waals surface area contributed by atoms with Gasteiger partial charge in [-0.25, -0.2) is 4.98 Å². The molecule has 0 bridgehead atoms. The molecule has 0 spiro atoms. The van der Waals surface area contributed by atoms with Crippen molar-refractivity contribution in [2.24, 2.45) is 0 Å². The molecule has 5 rings (SSSR count). The van der Waals surface area contributed by atoms with Crippen LogP contribution in [0.15, 0.2) is 55.0 Å². The molecule has 0 unspecified atom stereocenters. The fraction of sp³-hybridized carbons (Fsp3) is 0.240. The Bertz CT molecular complexity index is 1380. The number of nitrogens with one attached hydrogen (secondary N) is 1. The van der Waals surface area contributed by atoms with Gasteiger partial charge in [-0.1, -0.05) is 18.2 Å². The topological polar surface area (TPSA) is 83.0 Å². The predicted molar refractivity (Wildman–Crippen MR) is 139 cm³/mol. The van der Waals surface area contributed by atoms with E-state index in [4.69, 9.17) is 0 Å². The summed E-state index contributed by atoms with van der Waals surface area (Å²) < 4.78 is 39.3. The first-order valence-electron chi connectivity index (χ1n) is 11.5. The number of aromatic nitrogens is 5. The lowest BCUT2D eigenvalue weighted by molar-refractivity contribution is -0.137. The zero-order valence-electron chi connectivity index (χ0n) is 19.9. The molecule has 1 N–H and O–H groups in total. The van der Waals surface area contributed by atoms with Crippen LogP contribution in [0.4, 0.5) is 35.9 Å². The standard InChI is InChI=1S/C25H23F3N8S/c1-17-16-30-24(37-17)34-22-31-21(6-5-18-3-2-4-19(15-18)25(26,27)28)32-23(33-22)36-13-11-35(12-14-36)20-7-9-29-10-8-20/h2-10,15-16H,11-14H2,1H3,(H,30,31,32,33,34). The van der Waals surface area contributed by atoms with Crippen LogP contribution in [0.2, 0.25) is 0 Å². The molecule has 0 radical (unpaired) electrons. The van der Waals surface area contributed by atoms with Crippen LogP contribution in [-0.2, 0) is 6.18 Å². The number of aryl methyl sites for hydroxylation is 1. The van der Waals surface area contributed by atoms with Gasteiger partial charge in [0.15, 0.2) is 11.0 Å². The number of anilines is 4. The fourth-order valence-electron chi connectivity index (χ4n) is 3.87. The van der Waals surface area contributed by atoms with Crippen LogP contribution in [0.25, 0.3) is 12.2 Å². The van der Waals surface area contributed by atoms with Crippen molar-refractivity contribution in [3.8, 4) is 0 Å². The van der Waals surface area contributed by atoms with E-state index in [1.807, 2.05) is 19.1 Å². The Labute approximate surface area is 215 Å². The number of rotatable bonds is 6. The molecule has 1 aliphatic heterocycles. The monoisotopic (exact) mass is 524 g/mol. The van der Waals surface area contributed by atoms with Crippen molar-refractivity contribution in [1.82, 2.24) is 24.9 Å². The summed E-state index contributed by atoms with van der Waals surface area (Å²) in [7, 11) is 0. The smallest absolute Gasteiger partial charge is 0.368 e. The number of thiazole rings is 1. The molecule has 1 saturated heterocycles. The molecule has 0 saturated carbocycles. The maximum atomic E-state index is 13.1. The first-order chi connectivity index (χ1) is 17.8. The average Bonchev–Trinajstić information content (AvgIpc) is 3.32. The number of hydrogen-bond donors (Lipinski definition) is 1. The van der Waals surface area contributed by atoms with Gasteiger partial charge in [0.25, 0.3) is 0 Å². The van der Waals surface area contributed by atoms with Crippen LogP contribution in [0.1, 0.15) is 21.8 Å². The van der Waals surface area contributed by atoms with Crippen molar-refractivity contribution < 1.29 is 13.2 Å². The van der Waals surface area contributed by atoms with Crippen molar-refractivity contribution in [1.29, 1.82) is 0 Å². The number of hydrogen-bond acceptors (Lipinski definition) is 9. The summed E-state index contributed by atoms with van der Waals surface area (Å²) in [5.74, 6) is 1.14. The number of alkyl halides is 3. The Balaban J connectivity index is 1.40. The molecule has 0 atom stereocenters. The quantitative estimate of drug-likeness (QED) is 0.364. The van der Waals surface area contributed by atoms with Crippen LogP contribution in [0.3, 0.4) is 0 Å². The van der Waals surface area contributed by atoms with Gasteiger partial charge in [-0.15, -0.1) is 11.3 Å². The molecule has 1 fully saturated rings.